The van der Waals surface area contributed by atoms with Crippen LogP contribution in [-0.2, 0) is 11.3 Å². The van der Waals surface area contributed by atoms with Crippen LogP contribution in [0.2, 0.25) is 0 Å². The van der Waals surface area contributed by atoms with Gasteiger partial charge in [-0.2, -0.15) is 0 Å². The van der Waals surface area contributed by atoms with E-state index in [9.17, 15) is 4.79 Å². The van der Waals surface area contributed by atoms with Crippen LogP contribution in [0.15, 0.2) is 24.3 Å². The molecule has 3 saturated heterocycles. The van der Waals surface area contributed by atoms with Crippen molar-refractivity contribution < 1.29 is 9.53 Å². The molecule has 1 N–H and O–H groups in total. The monoisotopic (exact) mass is 357 g/mol. The molecule has 0 aromatic heterocycles. The second kappa shape index (κ2) is 7.57. The van der Waals surface area contributed by atoms with Gasteiger partial charge in [0.1, 0.15) is 0 Å². The van der Waals surface area contributed by atoms with Crippen LogP contribution in [0, 0.1) is 12.8 Å². The summed E-state index contributed by atoms with van der Waals surface area (Å²) in [4.78, 5) is 16.5. The van der Waals surface area contributed by atoms with Gasteiger partial charge in [-0.1, -0.05) is 24.3 Å². The standard InChI is InChI=1S/C21H31N3O2/c1-17-6-2-3-7-19(17)13-23-15-21(16-23)9-8-18(14-26-21)12-22-20(25)24-10-4-5-11-24/h2-3,6-7,18H,4-5,8-16H2,1H3,(H,22,25)/t18-/m1/s1. The number of hydrogen-bond donors (Lipinski definition) is 1. The van der Waals surface area contributed by atoms with Crippen molar-refractivity contribution in [2.75, 3.05) is 39.3 Å². The van der Waals surface area contributed by atoms with Crippen LogP contribution < -0.4 is 5.32 Å². The van der Waals surface area contributed by atoms with Gasteiger partial charge in [-0.05, 0) is 49.7 Å². The maximum atomic E-state index is 12.1. The lowest BCUT2D eigenvalue weighted by Gasteiger charge is -2.53. The Bertz CT molecular complexity index is 626. The first-order valence-corrected chi connectivity index (χ1v) is 10.1. The lowest BCUT2D eigenvalue weighted by molar-refractivity contribution is -0.181. The van der Waals surface area contributed by atoms with E-state index in [0.717, 1.165) is 71.6 Å². The van der Waals surface area contributed by atoms with E-state index in [4.69, 9.17) is 4.74 Å². The Balaban J connectivity index is 1.17. The molecule has 142 valence electrons. The predicted molar refractivity (Wildman–Crippen MR) is 102 cm³/mol. The fourth-order valence-corrected chi connectivity index (χ4v) is 4.50. The van der Waals surface area contributed by atoms with Gasteiger partial charge in [-0.3, -0.25) is 4.90 Å². The number of aryl methyl sites for hydroxylation is 1. The van der Waals surface area contributed by atoms with E-state index in [0.29, 0.717) is 5.92 Å². The highest BCUT2D eigenvalue weighted by Gasteiger charge is 2.46. The molecule has 0 saturated carbocycles. The molecule has 3 aliphatic heterocycles. The smallest absolute Gasteiger partial charge is 0.317 e. The number of carbonyl (C=O) groups excluding carboxylic acids is 1. The molecule has 3 aliphatic rings. The molecule has 1 atom stereocenters. The van der Waals surface area contributed by atoms with Crippen LogP contribution in [0.3, 0.4) is 0 Å². The van der Waals surface area contributed by atoms with Gasteiger partial charge in [0.15, 0.2) is 0 Å². The molecule has 5 heteroatoms. The van der Waals surface area contributed by atoms with E-state index in [2.05, 4.69) is 41.4 Å². The second-order valence-electron chi connectivity index (χ2n) is 8.35. The van der Waals surface area contributed by atoms with E-state index >= 15 is 0 Å². The Kier molecular flexibility index (Phi) is 5.18. The number of amides is 2. The summed E-state index contributed by atoms with van der Waals surface area (Å²) < 4.78 is 6.26. The summed E-state index contributed by atoms with van der Waals surface area (Å²) in [5, 5.41) is 3.10. The van der Waals surface area contributed by atoms with Gasteiger partial charge in [-0.15, -0.1) is 0 Å². The molecule has 0 aliphatic carbocycles. The van der Waals surface area contributed by atoms with Gasteiger partial charge in [0.05, 0.1) is 12.2 Å². The van der Waals surface area contributed by atoms with Crippen molar-refractivity contribution >= 4 is 6.03 Å². The highest BCUT2D eigenvalue weighted by molar-refractivity contribution is 5.74. The minimum Gasteiger partial charge on any atom is -0.372 e. The lowest BCUT2D eigenvalue weighted by Crippen LogP contribution is -2.64. The predicted octanol–water partition coefficient (Wildman–Crippen LogP) is 2.78. The van der Waals surface area contributed by atoms with Crippen molar-refractivity contribution in [1.29, 1.82) is 0 Å². The molecule has 0 radical (unpaired) electrons. The Morgan fingerprint density at radius 1 is 1.27 bits per heavy atom. The Labute approximate surface area is 156 Å². The van der Waals surface area contributed by atoms with Gasteiger partial charge in [0.25, 0.3) is 0 Å². The number of benzene rings is 1. The zero-order valence-electron chi connectivity index (χ0n) is 15.9. The van der Waals surface area contributed by atoms with Gasteiger partial charge in [-0.25, -0.2) is 4.79 Å². The third-order valence-electron chi connectivity index (χ3n) is 6.25. The topological polar surface area (TPSA) is 44.8 Å². The molecule has 5 nitrogen and oxygen atoms in total. The Morgan fingerprint density at radius 2 is 2.04 bits per heavy atom. The molecule has 0 bridgehead atoms. The van der Waals surface area contributed by atoms with Crippen LogP contribution in [0.4, 0.5) is 4.79 Å². The van der Waals surface area contributed by atoms with Gasteiger partial charge < -0.3 is 15.0 Å². The number of rotatable bonds is 4. The van der Waals surface area contributed by atoms with Crippen LogP contribution in [-0.4, -0.2) is 60.8 Å². The van der Waals surface area contributed by atoms with Crippen molar-refractivity contribution in [2.45, 2.75) is 44.8 Å². The van der Waals surface area contributed by atoms with E-state index in [-0.39, 0.29) is 11.6 Å². The summed E-state index contributed by atoms with van der Waals surface area (Å²) in [6.07, 6.45) is 4.54. The summed E-state index contributed by atoms with van der Waals surface area (Å²) in [5.41, 5.74) is 2.85. The first-order valence-electron chi connectivity index (χ1n) is 10.1. The fourth-order valence-electron chi connectivity index (χ4n) is 4.50. The molecule has 4 rings (SSSR count). The minimum absolute atomic E-state index is 0.0676. The normalized spacial score (nSPS) is 25.3. The van der Waals surface area contributed by atoms with Crippen molar-refractivity contribution in [1.82, 2.24) is 15.1 Å². The van der Waals surface area contributed by atoms with Gasteiger partial charge in [0.2, 0.25) is 0 Å². The Hall–Kier alpha value is -1.59. The molecule has 3 heterocycles. The largest absolute Gasteiger partial charge is 0.372 e. The average molecular weight is 357 g/mol. The highest BCUT2D eigenvalue weighted by atomic mass is 16.5. The lowest BCUT2D eigenvalue weighted by atomic mass is 9.82. The number of carbonyl (C=O) groups is 1. The molecule has 26 heavy (non-hydrogen) atoms. The molecular weight excluding hydrogens is 326 g/mol. The van der Waals surface area contributed by atoms with Crippen molar-refractivity contribution in [3.8, 4) is 0 Å². The fraction of sp³-hybridized carbons (Fsp3) is 0.667. The second-order valence-corrected chi connectivity index (χ2v) is 8.35. The van der Waals surface area contributed by atoms with E-state index in [1.54, 1.807) is 0 Å². The summed E-state index contributed by atoms with van der Waals surface area (Å²) in [7, 11) is 0. The number of likely N-dealkylation sites (tertiary alicyclic amines) is 2. The summed E-state index contributed by atoms with van der Waals surface area (Å²) in [6.45, 7) is 8.62. The highest BCUT2D eigenvalue weighted by Crippen LogP contribution is 2.36. The molecule has 2 amide bonds. The first kappa shape index (κ1) is 17.8. The third-order valence-corrected chi connectivity index (χ3v) is 6.25. The van der Waals surface area contributed by atoms with E-state index in [1.165, 1.54) is 11.1 Å². The maximum Gasteiger partial charge on any atom is 0.317 e. The number of nitrogens with zero attached hydrogens (tertiary/aromatic N) is 2. The van der Waals surface area contributed by atoms with Gasteiger partial charge in [0, 0.05) is 39.3 Å². The van der Waals surface area contributed by atoms with E-state index < -0.39 is 0 Å². The first-order chi connectivity index (χ1) is 12.6. The Morgan fingerprint density at radius 3 is 2.73 bits per heavy atom. The van der Waals surface area contributed by atoms with Crippen molar-refractivity contribution in [2.24, 2.45) is 5.92 Å². The van der Waals surface area contributed by atoms with Crippen molar-refractivity contribution in [3.63, 3.8) is 0 Å². The molecule has 1 spiro atoms. The quantitative estimate of drug-likeness (QED) is 0.901. The summed E-state index contributed by atoms with van der Waals surface area (Å²) in [6, 6.07) is 8.74. The minimum atomic E-state index is 0.0676. The third kappa shape index (κ3) is 3.89. The maximum absolute atomic E-state index is 12.1. The zero-order valence-corrected chi connectivity index (χ0v) is 15.9. The number of hydrogen-bond acceptors (Lipinski definition) is 3. The molecular formula is C21H31N3O2. The van der Waals surface area contributed by atoms with Crippen LogP contribution in [0.1, 0.15) is 36.8 Å². The van der Waals surface area contributed by atoms with Crippen LogP contribution >= 0.6 is 0 Å². The molecule has 1 aromatic carbocycles. The zero-order chi connectivity index (χ0) is 18.0. The number of nitrogens with one attached hydrogen (secondary N) is 1. The van der Waals surface area contributed by atoms with Crippen LogP contribution in [0.25, 0.3) is 0 Å². The SMILES string of the molecule is Cc1ccccc1CN1CC2(CC[C@H](CNC(=O)N3CCCC3)CO2)C1. The summed E-state index contributed by atoms with van der Waals surface area (Å²) in [5.74, 6) is 0.456. The molecule has 0 unspecified atom stereocenters. The summed E-state index contributed by atoms with van der Waals surface area (Å²) >= 11 is 0. The number of urea groups is 1. The average Bonchev–Trinajstić information content (AvgIpc) is 3.16. The molecule has 3 fully saturated rings. The molecule has 1 aromatic rings. The van der Waals surface area contributed by atoms with Crippen LogP contribution in [0.5, 0.6) is 0 Å². The van der Waals surface area contributed by atoms with E-state index in [1.807, 2.05) is 4.90 Å². The van der Waals surface area contributed by atoms with Gasteiger partial charge >= 0.3 is 6.03 Å². The number of ether oxygens (including phenoxy) is 1. The van der Waals surface area contributed by atoms with Crippen molar-refractivity contribution in [3.05, 3.63) is 35.4 Å².